The zero-order chi connectivity index (χ0) is 18.8. The molecule has 27 heavy (non-hydrogen) atoms. The molecule has 0 N–H and O–H groups in total. The Morgan fingerprint density at radius 2 is 1.81 bits per heavy atom. The predicted octanol–water partition coefficient (Wildman–Crippen LogP) is 3.96. The highest BCUT2D eigenvalue weighted by atomic mass is 16.5. The molecule has 0 spiro atoms. The molecule has 3 aromatic rings. The van der Waals surface area contributed by atoms with E-state index in [0.717, 1.165) is 36.7 Å². The van der Waals surface area contributed by atoms with Crippen molar-refractivity contribution in [3.63, 3.8) is 0 Å². The van der Waals surface area contributed by atoms with Gasteiger partial charge in [0.05, 0.1) is 0 Å². The number of amides is 1. The molecule has 0 atom stereocenters. The summed E-state index contributed by atoms with van der Waals surface area (Å²) in [6.07, 6.45) is 5.02. The first kappa shape index (κ1) is 17.3. The molecule has 1 aliphatic rings. The first-order valence-corrected chi connectivity index (χ1v) is 9.28. The SMILES string of the molecule is Cn1cc(Oc2cccc3cc(C(=O)N4CCCCC4)ccc23)ccc1=O. The fraction of sp³-hybridized carbons (Fsp3) is 0.273. The second-order valence-electron chi connectivity index (χ2n) is 6.96. The van der Waals surface area contributed by atoms with E-state index in [4.69, 9.17) is 4.74 Å². The van der Waals surface area contributed by atoms with Crippen LogP contribution in [-0.2, 0) is 7.05 Å². The van der Waals surface area contributed by atoms with E-state index in [1.54, 1.807) is 19.3 Å². The minimum absolute atomic E-state index is 0.0823. The standard InChI is InChI=1S/C22H22N2O3/c1-23-15-18(9-11-21(23)25)27-20-7-5-6-16-14-17(8-10-19(16)20)22(26)24-12-3-2-4-13-24/h5-11,14-15H,2-4,12-13H2,1H3. The van der Waals surface area contributed by atoms with Gasteiger partial charge in [-0.1, -0.05) is 12.1 Å². The average Bonchev–Trinajstić information content (AvgIpc) is 2.71. The molecule has 0 bridgehead atoms. The van der Waals surface area contributed by atoms with Crippen LogP contribution in [0.2, 0.25) is 0 Å². The van der Waals surface area contributed by atoms with Gasteiger partial charge in [0.1, 0.15) is 11.5 Å². The summed E-state index contributed by atoms with van der Waals surface area (Å²) in [5, 5.41) is 1.89. The van der Waals surface area contributed by atoms with Gasteiger partial charge in [0, 0.05) is 43.4 Å². The molecule has 1 saturated heterocycles. The predicted molar refractivity (Wildman–Crippen MR) is 105 cm³/mol. The molecule has 0 aliphatic carbocycles. The Morgan fingerprint density at radius 1 is 1.00 bits per heavy atom. The lowest BCUT2D eigenvalue weighted by Crippen LogP contribution is -2.35. The van der Waals surface area contributed by atoms with Gasteiger partial charge in [-0.25, -0.2) is 0 Å². The van der Waals surface area contributed by atoms with Crippen molar-refractivity contribution in [2.75, 3.05) is 13.1 Å². The Hall–Kier alpha value is -3.08. The fourth-order valence-electron chi connectivity index (χ4n) is 3.51. The van der Waals surface area contributed by atoms with Crippen LogP contribution in [0, 0.1) is 0 Å². The fourth-order valence-corrected chi connectivity index (χ4v) is 3.51. The Kier molecular flexibility index (Phi) is 4.67. The van der Waals surface area contributed by atoms with E-state index >= 15 is 0 Å². The van der Waals surface area contributed by atoms with Gasteiger partial charge < -0.3 is 14.2 Å². The molecule has 2 aromatic carbocycles. The number of piperidine rings is 1. The second kappa shape index (κ2) is 7.27. The van der Waals surface area contributed by atoms with Gasteiger partial charge in [-0.15, -0.1) is 0 Å². The number of nitrogens with zero attached hydrogens (tertiary/aromatic N) is 2. The van der Waals surface area contributed by atoms with Crippen LogP contribution >= 0.6 is 0 Å². The summed E-state index contributed by atoms with van der Waals surface area (Å²) in [6.45, 7) is 1.68. The molecule has 1 amide bonds. The summed E-state index contributed by atoms with van der Waals surface area (Å²) in [4.78, 5) is 26.2. The number of carbonyl (C=O) groups excluding carboxylic acids is 1. The van der Waals surface area contributed by atoms with Crippen molar-refractivity contribution in [1.29, 1.82) is 0 Å². The number of pyridine rings is 1. The average molecular weight is 362 g/mol. The highest BCUT2D eigenvalue weighted by molar-refractivity contribution is 6.00. The highest BCUT2D eigenvalue weighted by Crippen LogP contribution is 2.30. The normalized spacial score (nSPS) is 14.3. The van der Waals surface area contributed by atoms with E-state index in [9.17, 15) is 9.59 Å². The van der Waals surface area contributed by atoms with Crippen LogP contribution in [-0.4, -0.2) is 28.5 Å². The van der Waals surface area contributed by atoms with E-state index in [1.807, 2.05) is 41.3 Å². The van der Waals surface area contributed by atoms with E-state index in [0.29, 0.717) is 17.1 Å². The van der Waals surface area contributed by atoms with E-state index in [1.165, 1.54) is 17.1 Å². The van der Waals surface area contributed by atoms with Crippen molar-refractivity contribution in [2.24, 2.45) is 7.05 Å². The van der Waals surface area contributed by atoms with Gasteiger partial charge in [-0.05, 0) is 55.0 Å². The van der Waals surface area contributed by atoms with E-state index in [-0.39, 0.29) is 11.5 Å². The number of ether oxygens (including phenoxy) is 1. The molecular formula is C22H22N2O3. The summed E-state index contributed by atoms with van der Waals surface area (Å²) >= 11 is 0. The number of aryl methyl sites for hydroxylation is 1. The molecule has 2 heterocycles. The third-order valence-electron chi connectivity index (χ3n) is 5.02. The molecule has 0 saturated carbocycles. The molecule has 138 valence electrons. The highest BCUT2D eigenvalue weighted by Gasteiger charge is 2.18. The monoisotopic (exact) mass is 362 g/mol. The molecule has 1 aromatic heterocycles. The van der Waals surface area contributed by atoms with Crippen molar-refractivity contribution >= 4 is 16.7 Å². The lowest BCUT2D eigenvalue weighted by Gasteiger charge is -2.26. The van der Waals surface area contributed by atoms with Crippen molar-refractivity contribution in [3.05, 3.63) is 70.6 Å². The van der Waals surface area contributed by atoms with Crippen molar-refractivity contribution < 1.29 is 9.53 Å². The zero-order valence-corrected chi connectivity index (χ0v) is 15.4. The third-order valence-corrected chi connectivity index (χ3v) is 5.02. The van der Waals surface area contributed by atoms with Gasteiger partial charge >= 0.3 is 0 Å². The lowest BCUT2D eigenvalue weighted by molar-refractivity contribution is 0.0724. The molecule has 5 nitrogen and oxygen atoms in total. The van der Waals surface area contributed by atoms with Gasteiger partial charge in [-0.3, -0.25) is 9.59 Å². The zero-order valence-electron chi connectivity index (χ0n) is 15.4. The third kappa shape index (κ3) is 3.58. The van der Waals surface area contributed by atoms with Crippen LogP contribution in [0.5, 0.6) is 11.5 Å². The van der Waals surface area contributed by atoms with Crippen molar-refractivity contribution in [1.82, 2.24) is 9.47 Å². The van der Waals surface area contributed by atoms with Crippen LogP contribution in [0.15, 0.2) is 59.5 Å². The lowest BCUT2D eigenvalue weighted by atomic mass is 10.0. The first-order chi connectivity index (χ1) is 13.1. The number of carbonyl (C=O) groups is 1. The Balaban J connectivity index is 1.64. The number of rotatable bonds is 3. The molecule has 1 aliphatic heterocycles. The Labute approximate surface area is 157 Å². The molecule has 4 rings (SSSR count). The summed E-state index contributed by atoms with van der Waals surface area (Å²) in [6, 6.07) is 14.7. The van der Waals surface area contributed by atoms with Gasteiger partial charge in [-0.2, -0.15) is 0 Å². The molecule has 0 unspecified atom stereocenters. The van der Waals surface area contributed by atoms with Crippen LogP contribution in [0.4, 0.5) is 0 Å². The molecular weight excluding hydrogens is 340 g/mol. The minimum atomic E-state index is -0.0823. The molecule has 1 fully saturated rings. The number of benzene rings is 2. The summed E-state index contributed by atoms with van der Waals surface area (Å²) in [7, 11) is 1.69. The Bertz CT molecular complexity index is 1050. The number of hydrogen-bond acceptors (Lipinski definition) is 3. The van der Waals surface area contributed by atoms with Crippen molar-refractivity contribution in [3.8, 4) is 11.5 Å². The van der Waals surface area contributed by atoms with E-state index in [2.05, 4.69) is 0 Å². The maximum absolute atomic E-state index is 12.8. The van der Waals surface area contributed by atoms with Gasteiger partial charge in [0.25, 0.3) is 11.5 Å². The quantitative estimate of drug-likeness (QED) is 0.709. The largest absolute Gasteiger partial charge is 0.455 e. The van der Waals surface area contributed by atoms with E-state index < -0.39 is 0 Å². The maximum Gasteiger partial charge on any atom is 0.253 e. The number of likely N-dealkylation sites (tertiary alicyclic amines) is 1. The minimum Gasteiger partial charge on any atom is -0.455 e. The van der Waals surface area contributed by atoms with Crippen LogP contribution in [0.1, 0.15) is 29.6 Å². The number of aromatic nitrogens is 1. The summed E-state index contributed by atoms with van der Waals surface area (Å²) in [5.74, 6) is 1.39. The van der Waals surface area contributed by atoms with Gasteiger partial charge in [0.2, 0.25) is 0 Å². The molecule has 0 radical (unpaired) electrons. The summed E-state index contributed by atoms with van der Waals surface area (Å²) < 4.78 is 7.47. The second-order valence-corrected chi connectivity index (χ2v) is 6.96. The smallest absolute Gasteiger partial charge is 0.253 e. The van der Waals surface area contributed by atoms with Crippen LogP contribution < -0.4 is 10.3 Å². The van der Waals surface area contributed by atoms with Crippen LogP contribution in [0.3, 0.4) is 0 Å². The van der Waals surface area contributed by atoms with Crippen LogP contribution in [0.25, 0.3) is 10.8 Å². The van der Waals surface area contributed by atoms with Gasteiger partial charge in [0.15, 0.2) is 0 Å². The number of fused-ring (bicyclic) bond motifs is 1. The first-order valence-electron chi connectivity index (χ1n) is 9.28. The summed E-state index contributed by atoms with van der Waals surface area (Å²) in [5.41, 5.74) is 0.629. The van der Waals surface area contributed by atoms with Crippen molar-refractivity contribution in [2.45, 2.75) is 19.3 Å². The number of hydrogen-bond donors (Lipinski definition) is 0. The molecule has 5 heteroatoms. The Morgan fingerprint density at radius 3 is 2.59 bits per heavy atom. The maximum atomic E-state index is 12.8. The topological polar surface area (TPSA) is 51.5 Å².